The third kappa shape index (κ3) is 3.45. The molecule has 0 bridgehead atoms. The van der Waals surface area contributed by atoms with Crippen molar-refractivity contribution in [1.82, 2.24) is 0 Å². The van der Waals surface area contributed by atoms with Gasteiger partial charge in [0, 0.05) is 18.7 Å². The first-order valence-electron chi connectivity index (χ1n) is 5.67. The zero-order chi connectivity index (χ0) is 13.7. The third-order valence-electron chi connectivity index (χ3n) is 2.93. The van der Waals surface area contributed by atoms with Gasteiger partial charge in [-0.2, -0.15) is 11.8 Å². The number of hydrogen-bond donors (Lipinski definition) is 0. The van der Waals surface area contributed by atoms with E-state index in [1.165, 1.54) is 0 Å². The quantitative estimate of drug-likeness (QED) is 0.741. The van der Waals surface area contributed by atoms with Crippen molar-refractivity contribution >= 4 is 23.7 Å². The van der Waals surface area contributed by atoms with Gasteiger partial charge in [-0.1, -0.05) is 0 Å². The van der Waals surface area contributed by atoms with Crippen molar-refractivity contribution in [1.29, 1.82) is 0 Å². The number of benzene rings is 1. The summed E-state index contributed by atoms with van der Waals surface area (Å²) in [6.45, 7) is 1.92. The highest BCUT2D eigenvalue weighted by Crippen LogP contribution is 2.26. The van der Waals surface area contributed by atoms with Crippen molar-refractivity contribution in [2.75, 3.05) is 24.0 Å². The number of thioether (sulfide) groups is 1. The average molecular weight is 273 g/mol. The first kappa shape index (κ1) is 15.0. The van der Waals surface area contributed by atoms with Crippen LogP contribution in [0.1, 0.15) is 23.7 Å². The Labute approximate surface area is 110 Å². The third-order valence-corrected chi connectivity index (χ3v) is 3.57. The maximum absolute atomic E-state index is 13.8. The fraction of sp³-hybridized carbons (Fsp3) is 0.462. The number of halogens is 2. The standard InChI is InChI=1S/C13H17F2NOS/c1-9(4-5-18-3)16(2)13-11(14)6-10(8-17)7-12(13)15/h6-9H,4-5H2,1-3H3. The molecule has 2 nitrogen and oxygen atoms in total. The second-order valence-corrected chi connectivity index (χ2v) is 5.18. The van der Waals surface area contributed by atoms with E-state index in [-0.39, 0.29) is 17.3 Å². The lowest BCUT2D eigenvalue weighted by Gasteiger charge is -2.27. The summed E-state index contributed by atoms with van der Waals surface area (Å²) in [4.78, 5) is 12.1. The maximum atomic E-state index is 13.8. The molecule has 0 aromatic heterocycles. The molecule has 0 radical (unpaired) electrons. The van der Waals surface area contributed by atoms with Crippen molar-refractivity contribution < 1.29 is 13.6 Å². The van der Waals surface area contributed by atoms with E-state index in [0.29, 0.717) is 6.29 Å². The molecule has 5 heteroatoms. The largest absolute Gasteiger partial charge is 0.367 e. The number of aldehydes is 1. The van der Waals surface area contributed by atoms with Crippen molar-refractivity contribution in [3.05, 3.63) is 29.3 Å². The van der Waals surface area contributed by atoms with Crippen LogP contribution in [0.25, 0.3) is 0 Å². The second-order valence-electron chi connectivity index (χ2n) is 4.19. The van der Waals surface area contributed by atoms with Gasteiger partial charge in [0.25, 0.3) is 0 Å². The van der Waals surface area contributed by atoms with Crippen LogP contribution in [0, 0.1) is 11.6 Å². The molecule has 1 rings (SSSR count). The van der Waals surface area contributed by atoms with Crippen LogP contribution >= 0.6 is 11.8 Å². The van der Waals surface area contributed by atoms with Gasteiger partial charge >= 0.3 is 0 Å². The smallest absolute Gasteiger partial charge is 0.150 e. The minimum Gasteiger partial charge on any atom is -0.367 e. The molecule has 0 heterocycles. The zero-order valence-electron chi connectivity index (χ0n) is 10.7. The Balaban J connectivity index is 2.98. The predicted molar refractivity (Wildman–Crippen MR) is 72.6 cm³/mol. The molecule has 0 aliphatic carbocycles. The van der Waals surface area contributed by atoms with Gasteiger partial charge in [-0.25, -0.2) is 8.78 Å². The molecule has 1 aromatic rings. The van der Waals surface area contributed by atoms with Crippen LogP contribution in [0.15, 0.2) is 12.1 Å². The van der Waals surface area contributed by atoms with Gasteiger partial charge in [0.05, 0.1) is 0 Å². The van der Waals surface area contributed by atoms with Crippen LogP contribution in [-0.2, 0) is 0 Å². The number of hydrogen-bond acceptors (Lipinski definition) is 3. The SMILES string of the molecule is CSCCC(C)N(C)c1c(F)cc(C=O)cc1F. The highest BCUT2D eigenvalue weighted by molar-refractivity contribution is 7.98. The molecule has 0 aliphatic rings. The Morgan fingerprint density at radius 3 is 2.39 bits per heavy atom. The van der Waals surface area contributed by atoms with Crippen LogP contribution < -0.4 is 4.90 Å². The minimum absolute atomic E-state index is 0.0129. The summed E-state index contributed by atoms with van der Waals surface area (Å²) in [6.07, 6.45) is 3.27. The van der Waals surface area contributed by atoms with Crippen LogP contribution in [0.4, 0.5) is 14.5 Å². The molecule has 0 saturated heterocycles. The van der Waals surface area contributed by atoms with Gasteiger partial charge in [0.2, 0.25) is 0 Å². The van der Waals surface area contributed by atoms with Gasteiger partial charge < -0.3 is 4.90 Å². The molecule has 0 N–H and O–H groups in total. The molecule has 1 aromatic carbocycles. The molecule has 0 aliphatic heterocycles. The Bertz CT molecular complexity index is 402. The topological polar surface area (TPSA) is 20.3 Å². The molecule has 18 heavy (non-hydrogen) atoms. The molecule has 0 saturated carbocycles. The lowest BCUT2D eigenvalue weighted by atomic mass is 10.1. The van der Waals surface area contributed by atoms with E-state index in [9.17, 15) is 13.6 Å². The number of rotatable bonds is 6. The summed E-state index contributed by atoms with van der Waals surface area (Å²) >= 11 is 1.70. The molecule has 0 fully saturated rings. The fourth-order valence-electron chi connectivity index (χ4n) is 1.69. The summed E-state index contributed by atoms with van der Waals surface area (Å²) in [7, 11) is 1.66. The summed E-state index contributed by atoms with van der Waals surface area (Å²) in [5.41, 5.74) is -0.0619. The van der Waals surface area contributed by atoms with E-state index >= 15 is 0 Å². The van der Waals surface area contributed by atoms with Crippen molar-refractivity contribution in [3.63, 3.8) is 0 Å². The lowest BCUT2D eigenvalue weighted by Crippen LogP contribution is -2.31. The molecule has 0 amide bonds. The fourth-order valence-corrected chi connectivity index (χ4v) is 2.27. The number of anilines is 1. The predicted octanol–water partition coefficient (Wildman–Crippen LogP) is 3.36. The molecule has 0 spiro atoms. The van der Waals surface area contributed by atoms with Gasteiger partial charge in [-0.3, -0.25) is 4.79 Å². The monoisotopic (exact) mass is 273 g/mol. The average Bonchev–Trinajstić information content (AvgIpc) is 2.34. The molecule has 1 atom stereocenters. The molecule has 100 valence electrons. The second kappa shape index (κ2) is 6.73. The first-order chi connectivity index (χ1) is 8.51. The lowest BCUT2D eigenvalue weighted by molar-refractivity contribution is 0.112. The highest BCUT2D eigenvalue weighted by atomic mass is 32.2. The van der Waals surface area contributed by atoms with Crippen LogP contribution in [0.2, 0.25) is 0 Å². The van der Waals surface area contributed by atoms with E-state index in [2.05, 4.69) is 0 Å². The van der Waals surface area contributed by atoms with E-state index in [4.69, 9.17) is 0 Å². The van der Waals surface area contributed by atoms with Gasteiger partial charge in [-0.05, 0) is 37.5 Å². The van der Waals surface area contributed by atoms with Gasteiger partial charge in [0.15, 0.2) is 0 Å². The Hall–Kier alpha value is -1.10. The van der Waals surface area contributed by atoms with E-state index in [1.54, 1.807) is 23.7 Å². The molecular weight excluding hydrogens is 256 g/mol. The van der Waals surface area contributed by atoms with Crippen LogP contribution in [0.5, 0.6) is 0 Å². The summed E-state index contributed by atoms with van der Waals surface area (Å²) < 4.78 is 27.6. The Morgan fingerprint density at radius 2 is 1.94 bits per heavy atom. The first-order valence-corrected chi connectivity index (χ1v) is 7.06. The van der Waals surface area contributed by atoms with Crippen molar-refractivity contribution in [2.45, 2.75) is 19.4 Å². The van der Waals surface area contributed by atoms with Crippen LogP contribution in [-0.4, -0.2) is 31.4 Å². The van der Waals surface area contributed by atoms with Gasteiger partial charge in [-0.15, -0.1) is 0 Å². The van der Waals surface area contributed by atoms with Crippen molar-refractivity contribution in [3.8, 4) is 0 Å². The summed E-state index contributed by atoms with van der Waals surface area (Å²) in [5.74, 6) is -0.465. The van der Waals surface area contributed by atoms with E-state index < -0.39 is 11.6 Å². The van der Waals surface area contributed by atoms with Crippen LogP contribution in [0.3, 0.4) is 0 Å². The van der Waals surface area contributed by atoms with E-state index in [0.717, 1.165) is 24.3 Å². The van der Waals surface area contributed by atoms with Gasteiger partial charge in [0.1, 0.15) is 23.6 Å². The normalized spacial score (nSPS) is 12.3. The number of carbonyl (C=O) groups excluding carboxylic acids is 1. The minimum atomic E-state index is -0.699. The summed E-state index contributed by atoms with van der Waals surface area (Å²) in [5, 5.41) is 0. The highest BCUT2D eigenvalue weighted by Gasteiger charge is 2.19. The molecule has 1 unspecified atom stereocenters. The van der Waals surface area contributed by atoms with E-state index in [1.807, 2.05) is 13.2 Å². The van der Waals surface area contributed by atoms with Crippen molar-refractivity contribution in [2.24, 2.45) is 0 Å². The zero-order valence-corrected chi connectivity index (χ0v) is 11.6. The molecular formula is C13H17F2NOS. The Morgan fingerprint density at radius 1 is 1.39 bits per heavy atom. The maximum Gasteiger partial charge on any atom is 0.150 e. The Kier molecular flexibility index (Phi) is 5.59. The summed E-state index contributed by atoms with van der Waals surface area (Å²) in [6, 6.07) is 2.15. The number of carbonyl (C=O) groups is 1. The number of nitrogens with zero attached hydrogens (tertiary/aromatic N) is 1.